The van der Waals surface area contributed by atoms with Crippen molar-refractivity contribution in [2.75, 3.05) is 0 Å². The minimum Gasteiger partial charge on any atom is -0.309 e. The van der Waals surface area contributed by atoms with E-state index in [-0.39, 0.29) is 0 Å². The number of nitrogens with zero attached hydrogens (tertiary/aromatic N) is 1. The van der Waals surface area contributed by atoms with Gasteiger partial charge in [0, 0.05) is 21.8 Å². The molecule has 0 N–H and O–H groups in total. The van der Waals surface area contributed by atoms with Crippen LogP contribution in [-0.4, -0.2) is 4.57 Å². The largest absolute Gasteiger partial charge is 0.309 e. The van der Waals surface area contributed by atoms with Crippen LogP contribution in [0.2, 0.25) is 0 Å². The predicted octanol–water partition coefficient (Wildman–Crippen LogP) is 21.3. The molecule has 2 aliphatic carbocycles. The molecule has 358 valence electrons. The van der Waals surface area contributed by atoms with Gasteiger partial charge in [-0.2, -0.15) is 0 Å². The Morgan fingerprint density at radius 2 is 0.662 bits per heavy atom. The van der Waals surface area contributed by atoms with Crippen LogP contribution < -0.4 is 0 Å². The molecule has 0 bridgehead atoms. The number of hydrogen-bond acceptors (Lipinski definition) is 0. The second-order valence-electron chi connectivity index (χ2n) is 20.3. The fourth-order valence-corrected chi connectivity index (χ4v) is 12.9. The van der Waals surface area contributed by atoms with Crippen LogP contribution in [0.15, 0.2) is 286 Å². The van der Waals surface area contributed by atoms with Crippen molar-refractivity contribution in [1.29, 1.82) is 0 Å². The smallest absolute Gasteiger partial charge is 0.0619 e. The lowest BCUT2D eigenvalue weighted by Crippen LogP contribution is -1.94. The SMILES string of the molecule is C=C.c1ccc2c(c1)-c1cccc3cc(-c4ccc(-c5cc6ccccc6c6ccccc56)cc4)cc-2c13.c1ccc2c(c1)-c1cccc3cc(-c4ccc(-n5c6ccccc6c6ccc7ccccc7c65)cc4)cc-2c13. The molecule has 1 heterocycles. The van der Waals surface area contributed by atoms with E-state index in [2.05, 4.69) is 291 Å². The first-order chi connectivity index (χ1) is 38.2. The topological polar surface area (TPSA) is 4.93 Å². The number of rotatable bonds is 4. The van der Waals surface area contributed by atoms with Gasteiger partial charge >= 0.3 is 0 Å². The lowest BCUT2D eigenvalue weighted by atomic mass is 9.91. The Balaban J connectivity index is 0.000000131. The lowest BCUT2D eigenvalue weighted by Gasteiger charge is -2.12. The van der Waals surface area contributed by atoms with E-state index in [0.29, 0.717) is 0 Å². The second kappa shape index (κ2) is 17.8. The molecule has 0 spiro atoms. The van der Waals surface area contributed by atoms with E-state index >= 15 is 0 Å². The molecule has 15 aromatic rings. The van der Waals surface area contributed by atoms with Gasteiger partial charge in [0.25, 0.3) is 0 Å². The van der Waals surface area contributed by atoms with E-state index in [9.17, 15) is 0 Å². The Hall–Kier alpha value is -10.1. The maximum atomic E-state index is 3.00. The molecule has 0 fully saturated rings. The van der Waals surface area contributed by atoms with Crippen LogP contribution >= 0.6 is 0 Å². The van der Waals surface area contributed by atoms with Crippen LogP contribution in [0.25, 0.3) is 159 Å². The number of aromatic nitrogens is 1. The summed E-state index contributed by atoms with van der Waals surface area (Å²) in [4.78, 5) is 0. The van der Waals surface area contributed by atoms with E-state index in [4.69, 9.17) is 0 Å². The number of benzene rings is 14. The highest BCUT2D eigenvalue weighted by Gasteiger charge is 2.24. The fraction of sp³-hybridized carbons (Fsp3) is 0. The Morgan fingerprint density at radius 3 is 1.27 bits per heavy atom. The molecule has 0 amide bonds. The van der Waals surface area contributed by atoms with Crippen molar-refractivity contribution in [2.45, 2.75) is 0 Å². The summed E-state index contributed by atoms with van der Waals surface area (Å²) < 4.78 is 2.43. The van der Waals surface area contributed by atoms with Crippen LogP contribution in [0.4, 0.5) is 0 Å². The lowest BCUT2D eigenvalue weighted by molar-refractivity contribution is 1.19. The maximum absolute atomic E-state index is 3.00. The van der Waals surface area contributed by atoms with Gasteiger partial charge in [-0.3, -0.25) is 0 Å². The summed E-state index contributed by atoms with van der Waals surface area (Å²) in [5, 5.41) is 15.7. The van der Waals surface area contributed by atoms with E-state index in [1.807, 2.05) is 0 Å². The van der Waals surface area contributed by atoms with Gasteiger partial charge in [-0.05, 0) is 175 Å². The molecule has 0 aliphatic heterocycles. The quantitative estimate of drug-likeness (QED) is 0.122. The van der Waals surface area contributed by atoms with Crippen molar-refractivity contribution in [1.82, 2.24) is 4.57 Å². The number of fused-ring (bicyclic) bond motifs is 14. The van der Waals surface area contributed by atoms with Gasteiger partial charge < -0.3 is 4.57 Å². The van der Waals surface area contributed by atoms with E-state index < -0.39 is 0 Å². The third kappa shape index (κ3) is 6.95. The second-order valence-corrected chi connectivity index (χ2v) is 20.3. The minimum absolute atomic E-state index is 1.18. The molecule has 0 atom stereocenters. The van der Waals surface area contributed by atoms with Crippen molar-refractivity contribution in [3.63, 3.8) is 0 Å². The summed E-state index contributed by atoms with van der Waals surface area (Å²) in [7, 11) is 0. The molecule has 1 nitrogen and oxygen atoms in total. The first kappa shape index (κ1) is 44.4. The molecule has 1 heteroatoms. The third-order valence-electron chi connectivity index (χ3n) is 16.3. The summed E-state index contributed by atoms with van der Waals surface area (Å²) in [6.07, 6.45) is 0. The van der Waals surface area contributed by atoms with E-state index in [0.717, 1.165) is 0 Å². The van der Waals surface area contributed by atoms with Gasteiger partial charge in [0.05, 0.1) is 11.0 Å². The molecule has 0 saturated heterocycles. The zero-order chi connectivity index (χ0) is 51.1. The van der Waals surface area contributed by atoms with Crippen molar-refractivity contribution in [2.24, 2.45) is 0 Å². The molecule has 77 heavy (non-hydrogen) atoms. The highest BCUT2D eigenvalue weighted by molar-refractivity contribution is 6.20. The number of hydrogen-bond donors (Lipinski definition) is 0. The predicted molar refractivity (Wildman–Crippen MR) is 331 cm³/mol. The van der Waals surface area contributed by atoms with Crippen molar-refractivity contribution in [3.05, 3.63) is 286 Å². The molecule has 17 rings (SSSR count). The fourth-order valence-electron chi connectivity index (χ4n) is 12.9. The normalized spacial score (nSPS) is 11.7. The Morgan fingerprint density at radius 1 is 0.221 bits per heavy atom. The van der Waals surface area contributed by atoms with Gasteiger partial charge in [0.15, 0.2) is 0 Å². The van der Waals surface area contributed by atoms with Gasteiger partial charge in [-0.1, -0.05) is 224 Å². The summed E-state index contributed by atoms with van der Waals surface area (Å²) in [6, 6.07) is 100. The average molecular weight is 976 g/mol. The molecular formula is C76H49N. The van der Waals surface area contributed by atoms with E-state index in [1.165, 1.54) is 159 Å². The highest BCUT2D eigenvalue weighted by atomic mass is 15.0. The van der Waals surface area contributed by atoms with Crippen LogP contribution in [0.3, 0.4) is 0 Å². The molecule has 1 aromatic heterocycles. The van der Waals surface area contributed by atoms with Crippen LogP contribution in [0, 0.1) is 0 Å². The Bertz CT molecular complexity index is 4880. The standard InChI is InChI=1S/C38H23N.C36H22.C2H4/c1-2-10-29-25(8-1)18-21-34-32-13-5-6-15-36(32)39(38(29)34)28-19-16-24(17-20-28)27-22-26-9-7-14-33-30-11-3-4-12-31(30)35(23-27)37(26)33;1-2-10-28-25(8-1)21-34(31-13-5-3-11-29(28)31)24-18-16-23(17-19-24)27-20-26-9-7-15-33-30-12-4-6-14-32(30)35(22-27)36(26)33;1-2/h1-23H;1-22H;1-2H2. The highest BCUT2D eigenvalue weighted by Crippen LogP contribution is 2.50. The van der Waals surface area contributed by atoms with Crippen LogP contribution in [-0.2, 0) is 0 Å². The van der Waals surface area contributed by atoms with Gasteiger partial charge in [-0.25, -0.2) is 0 Å². The van der Waals surface area contributed by atoms with Crippen molar-refractivity contribution >= 4 is 75.7 Å². The Kier molecular flexibility index (Phi) is 10.3. The zero-order valence-corrected chi connectivity index (χ0v) is 42.3. The third-order valence-corrected chi connectivity index (χ3v) is 16.3. The monoisotopic (exact) mass is 975 g/mol. The summed E-state index contributed by atoms with van der Waals surface area (Å²) in [5.41, 5.74) is 21.9. The molecule has 14 aromatic carbocycles. The summed E-state index contributed by atoms with van der Waals surface area (Å²) in [6.45, 7) is 6.00. The van der Waals surface area contributed by atoms with Gasteiger partial charge in [-0.15, -0.1) is 13.2 Å². The first-order valence-corrected chi connectivity index (χ1v) is 26.6. The molecule has 0 radical (unpaired) electrons. The van der Waals surface area contributed by atoms with Crippen LogP contribution in [0.5, 0.6) is 0 Å². The molecule has 0 saturated carbocycles. The summed E-state index contributed by atoms with van der Waals surface area (Å²) in [5.74, 6) is 0. The zero-order valence-electron chi connectivity index (χ0n) is 42.3. The summed E-state index contributed by atoms with van der Waals surface area (Å²) >= 11 is 0. The Labute approximate surface area is 447 Å². The minimum atomic E-state index is 1.18. The van der Waals surface area contributed by atoms with Gasteiger partial charge in [0.2, 0.25) is 0 Å². The van der Waals surface area contributed by atoms with Gasteiger partial charge in [0.1, 0.15) is 0 Å². The molecule has 0 unspecified atom stereocenters. The van der Waals surface area contributed by atoms with E-state index in [1.54, 1.807) is 0 Å². The molecular weight excluding hydrogens is 927 g/mol. The molecule has 2 aliphatic rings. The average Bonchev–Trinajstić information content (AvgIpc) is 4.35. The van der Waals surface area contributed by atoms with Crippen LogP contribution in [0.1, 0.15) is 0 Å². The first-order valence-electron chi connectivity index (χ1n) is 26.6. The van der Waals surface area contributed by atoms with Crippen molar-refractivity contribution in [3.8, 4) is 83.6 Å². The number of para-hydroxylation sites is 1. The maximum Gasteiger partial charge on any atom is 0.0619 e. The van der Waals surface area contributed by atoms with Crippen molar-refractivity contribution < 1.29 is 0 Å².